The molecule has 0 unspecified atom stereocenters. The molecule has 2 saturated heterocycles. The Kier molecular flexibility index (Phi) is 5.67. The van der Waals surface area contributed by atoms with Crippen LogP contribution in [0.2, 0.25) is 0 Å². The molecule has 1 aliphatic carbocycles. The summed E-state index contributed by atoms with van der Waals surface area (Å²) < 4.78 is 26.0. The highest BCUT2D eigenvalue weighted by molar-refractivity contribution is 5.97. The second kappa shape index (κ2) is 8.48. The number of aromatic amines is 1. The first kappa shape index (κ1) is 21.4. The summed E-state index contributed by atoms with van der Waals surface area (Å²) in [5, 5.41) is 0.202. The number of carbonyl (C=O) groups excluding carboxylic acids is 1. The molecule has 8 heteroatoms. The molecule has 7 nitrogen and oxygen atoms in total. The number of morpholine rings is 1. The second-order valence-corrected chi connectivity index (χ2v) is 9.29. The van der Waals surface area contributed by atoms with Gasteiger partial charge in [0.05, 0.1) is 30.5 Å². The number of methoxy groups -OCH3 is 1. The zero-order chi connectivity index (χ0) is 22.3. The fourth-order valence-electron chi connectivity index (χ4n) is 5.88. The number of H-pyrrole nitrogens is 1. The fraction of sp³-hybridized carbons (Fsp3) is 0.583. The van der Waals surface area contributed by atoms with Crippen LogP contribution < -0.4 is 10.3 Å². The third kappa shape index (κ3) is 3.59. The van der Waals surface area contributed by atoms with Crippen LogP contribution in [0.1, 0.15) is 42.5 Å². The van der Waals surface area contributed by atoms with Crippen LogP contribution in [-0.2, 0) is 9.47 Å². The van der Waals surface area contributed by atoms with Crippen LogP contribution in [0.25, 0.3) is 10.9 Å². The number of carbonyl (C=O) groups is 1. The first-order valence-corrected chi connectivity index (χ1v) is 11.5. The minimum absolute atomic E-state index is 0.0224. The van der Waals surface area contributed by atoms with Gasteiger partial charge in [0.25, 0.3) is 5.91 Å². The molecule has 3 heterocycles. The van der Waals surface area contributed by atoms with Crippen molar-refractivity contribution in [1.29, 1.82) is 0 Å². The molecule has 1 N–H and O–H groups in total. The van der Waals surface area contributed by atoms with E-state index in [-0.39, 0.29) is 28.4 Å². The van der Waals surface area contributed by atoms with Gasteiger partial charge in [-0.1, -0.05) is 6.42 Å². The maximum Gasteiger partial charge on any atom is 0.259 e. The van der Waals surface area contributed by atoms with E-state index in [0.717, 1.165) is 32.1 Å². The van der Waals surface area contributed by atoms with Crippen molar-refractivity contribution in [3.63, 3.8) is 0 Å². The third-order valence-corrected chi connectivity index (χ3v) is 7.53. The van der Waals surface area contributed by atoms with Crippen LogP contribution >= 0.6 is 0 Å². The minimum atomic E-state index is -0.458. The van der Waals surface area contributed by atoms with Gasteiger partial charge in [-0.3, -0.25) is 9.59 Å². The molecular weight excluding hydrogens is 413 g/mol. The van der Waals surface area contributed by atoms with E-state index in [4.69, 9.17) is 9.47 Å². The monoisotopic (exact) mass is 443 g/mol. The summed E-state index contributed by atoms with van der Waals surface area (Å²) in [6, 6.07) is 2.91. The zero-order valence-electron chi connectivity index (χ0n) is 18.5. The Morgan fingerprint density at radius 2 is 2.00 bits per heavy atom. The molecule has 32 heavy (non-hydrogen) atoms. The quantitative estimate of drug-likeness (QED) is 0.790. The Morgan fingerprint density at radius 1 is 1.22 bits per heavy atom. The number of pyridine rings is 1. The molecule has 1 amide bonds. The molecule has 5 rings (SSSR count). The minimum Gasteiger partial charge on any atom is -0.381 e. The Bertz CT molecular complexity index is 1080. The Morgan fingerprint density at radius 3 is 2.78 bits per heavy atom. The molecule has 172 valence electrons. The average molecular weight is 444 g/mol. The number of hydrogen-bond acceptors (Lipinski definition) is 5. The number of benzene rings is 1. The van der Waals surface area contributed by atoms with Gasteiger partial charge in [-0.15, -0.1) is 0 Å². The van der Waals surface area contributed by atoms with Crippen LogP contribution in [0.4, 0.5) is 10.1 Å². The van der Waals surface area contributed by atoms with E-state index >= 15 is 0 Å². The van der Waals surface area contributed by atoms with E-state index in [9.17, 15) is 14.0 Å². The standard InChI is InChI=1S/C24H30FN3O4/c1-31-21-4-2-5-24(21)6-3-7-28(15-24)23(30)17-14-26-19-13-20(27-8-10-32-11-9-27)18(25)12-16(19)22(17)29/h12-14,21H,2-11,15H2,1H3,(H,26,29)/t21-,24-/m1/s1. The summed E-state index contributed by atoms with van der Waals surface area (Å²) in [7, 11) is 1.74. The van der Waals surface area contributed by atoms with Crippen molar-refractivity contribution in [3.05, 3.63) is 39.9 Å². The summed E-state index contributed by atoms with van der Waals surface area (Å²) in [6.07, 6.45) is 6.73. The Hall–Kier alpha value is -2.45. The van der Waals surface area contributed by atoms with Crippen LogP contribution in [0.15, 0.2) is 23.1 Å². The number of rotatable bonds is 3. The molecule has 1 spiro atoms. The van der Waals surface area contributed by atoms with Gasteiger partial charge >= 0.3 is 0 Å². The lowest BCUT2D eigenvalue weighted by Gasteiger charge is -2.43. The van der Waals surface area contributed by atoms with E-state index < -0.39 is 11.2 Å². The fourth-order valence-corrected chi connectivity index (χ4v) is 5.88. The lowest BCUT2D eigenvalue weighted by Crippen LogP contribution is -2.50. The van der Waals surface area contributed by atoms with Crippen LogP contribution in [-0.4, -0.2) is 68.4 Å². The van der Waals surface area contributed by atoms with Gasteiger partial charge in [0.2, 0.25) is 5.43 Å². The summed E-state index contributed by atoms with van der Waals surface area (Å²) >= 11 is 0. The van der Waals surface area contributed by atoms with E-state index in [0.29, 0.717) is 50.6 Å². The molecule has 0 radical (unpaired) electrons. The van der Waals surface area contributed by atoms with Gasteiger partial charge < -0.3 is 24.3 Å². The maximum atomic E-state index is 14.9. The number of halogens is 1. The molecule has 2 aliphatic heterocycles. The number of hydrogen-bond donors (Lipinski definition) is 1. The van der Waals surface area contributed by atoms with Gasteiger partial charge in [-0.2, -0.15) is 0 Å². The van der Waals surface area contributed by atoms with Gasteiger partial charge in [0, 0.05) is 50.3 Å². The number of ether oxygens (including phenoxy) is 2. The van der Waals surface area contributed by atoms with Gasteiger partial charge in [-0.25, -0.2) is 4.39 Å². The number of aromatic nitrogens is 1. The lowest BCUT2D eigenvalue weighted by atomic mass is 9.76. The van der Waals surface area contributed by atoms with E-state index in [1.807, 2.05) is 4.90 Å². The van der Waals surface area contributed by atoms with Crippen LogP contribution in [0.3, 0.4) is 0 Å². The van der Waals surface area contributed by atoms with E-state index in [1.54, 1.807) is 18.1 Å². The van der Waals surface area contributed by atoms with Crippen LogP contribution in [0.5, 0.6) is 0 Å². The van der Waals surface area contributed by atoms with Gasteiger partial charge in [0.1, 0.15) is 11.4 Å². The Labute approximate surface area is 186 Å². The van der Waals surface area contributed by atoms with Crippen molar-refractivity contribution >= 4 is 22.5 Å². The van der Waals surface area contributed by atoms with Crippen molar-refractivity contribution in [3.8, 4) is 0 Å². The van der Waals surface area contributed by atoms with Crippen molar-refractivity contribution in [1.82, 2.24) is 9.88 Å². The van der Waals surface area contributed by atoms with Crippen LogP contribution in [0, 0.1) is 11.2 Å². The molecule has 3 aliphatic rings. The van der Waals surface area contributed by atoms with Crippen molar-refractivity contribution in [2.24, 2.45) is 5.41 Å². The first-order chi connectivity index (χ1) is 15.5. The highest BCUT2D eigenvalue weighted by Gasteiger charge is 2.46. The molecule has 1 aromatic carbocycles. The predicted octanol–water partition coefficient (Wildman–Crippen LogP) is 2.93. The van der Waals surface area contributed by atoms with E-state index in [1.165, 1.54) is 12.3 Å². The third-order valence-electron chi connectivity index (χ3n) is 7.53. The number of amides is 1. The zero-order valence-corrected chi connectivity index (χ0v) is 18.5. The number of piperidine rings is 1. The average Bonchev–Trinajstić information content (AvgIpc) is 3.21. The summed E-state index contributed by atoms with van der Waals surface area (Å²) in [5.41, 5.74) is 0.594. The molecule has 3 fully saturated rings. The highest BCUT2D eigenvalue weighted by atomic mass is 19.1. The topological polar surface area (TPSA) is 74.9 Å². The molecule has 2 aromatic rings. The smallest absolute Gasteiger partial charge is 0.259 e. The molecule has 1 aromatic heterocycles. The summed E-state index contributed by atoms with van der Waals surface area (Å²) in [5.74, 6) is -0.744. The lowest BCUT2D eigenvalue weighted by molar-refractivity contribution is -0.0295. The molecule has 1 saturated carbocycles. The number of nitrogens with zero attached hydrogens (tertiary/aromatic N) is 2. The van der Waals surface area contributed by atoms with E-state index in [2.05, 4.69) is 4.98 Å². The van der Waals surface area contributed by atoms with Crippen molar-refractivity contribution in [2.45, 2.75) is 38.2 Å². The number of nitrogens with one attached hydrogen (secondary N) is 1. The van der Waals surface area contributed by atoms with Crippen molar-refractivity contribution in [2.75, 3.05) is 51.4 Å². The SMILES string of the molecule is CO[C@@H]1CCC[C@]12CCCN(C(=O)c1c[nH]c3cc(N4CCOCC4)c(F)cc3c1=O)C2. The molecular formula is C24H30FN3O4. The van der Waals surface area contributed by atoms with Crippen molar-refractivity contribution < 1.29 is 18.7 Å². The number of fused-ring (bicyclic) bond motifs is 1. The van der Waals surface area contributed by atoms with Gasteiger partial charge in [-0.05, 0) is 37.8 Å². The molecule has 2 atom stereocenters. The normalized spacial score (nSPS) is 26.2. The Balaban J connectivity index is 1.44. The second-order valence-electron chi connectivity index (χ2n) is 9.29. The predicted molar refractivity (Wildman–Crippen MR) is 120 cm³/mol. The number of anilines is 1. The highest BCUT2D eigenvalue weighted by Crippen LogP contribution is 2.46. The summed E-state index contributed by atoms with van der Waals surface area (Å²) in [4.78, 5) is 33.3. The first-order valence-electron chi connectivity index (χ1n) is 11.5. The molecule has 0 bridgehead atoms. The largest absolute Gasteiger partial charge is 0.381 e. The number of likely N-dealkylation sites (tertiary alicyclic amines) is 1. The van der Waals surface area contributed by atoms with Gasteiger partial charge in [0.15, 0.2) is 0 Å². The maximum absolute atomic E-state index is 14.9. The summed E-state index contributed by atoms with van der Waals surface area (Å²) in [6.45, 7) is 3.52.